The molecule has 0 aliphatic rings. The smallest absolute Gasteiger partial charge is 0.150 e. The molecule has 0 saturated heterocycles. The molecular formula is C12H10OS. The van der Waals surface area contributed by atoms with Crippen LogP contribution in [0.4, 0.5) is 0 Å². The van der Waals surface area contributed by atoms with Gasteiger partial charge in [-0.05, 0) is 46.5 Å². The summed E-state index contributed by atoms with van der Waals surface area (Å²) in [4.78, 5) is 10.8. The molecule has 1 aromatic carbocycles. The number of hydrogen-bond acceptors (Lipinski definition) is 2. The maximum Gasteiger partial charge on any atom is 0.150 e. The minimum atomic E-state index is 0.772. The third-order valence-electron chi connectivity index (χ3n) is 2.26. The lowest BCUT2D eigenvalue weighted by atomic mass is 10.0. The number of hydrogen-bond donors (Lipinski definition) is 0. The van der Waals surface area contributed by atoms with E-state index in [0.717, 1.165) is 23.0 Å². The molecule has 0 bridgehead atoms. The van der Waals surface area contributed by atoms with Crippen molar-refractivity contribution >= 4 is 17.6 Å². The van der Waals surface area contributed by atoms with E-state index in [2.05, 4.69) is 11.4 Å². The fraction of sp³-hybridized carbons (Fsp3) is 0.0833. The molecule has 2 aromatic rings. The van der Waals surface area contributed by atoms with Gasteiger partial charge in [0.15, 0.2) is 0 Å². The molecule has 70 valence electrons. The molecule has 1 nitrogen and oxygen atoms in total. The SMILES string of the molecule is Cc1ccc(-c2ccsc2)cc1C=O. The molecule has 2 rings (SSSR count). The summed E-state index contributed by atoms with van der Waals surface area (Å²) in [5, 5.41) is 4.12. The van der Waals surface area contributed by atoms with Gasteiger partial charge in [-0.25, -0.2) is 0 Å². The lowest BCUT2D eigenvalue weighted by Gasteiger charge is -2.01. The molecule has 0 fully saturated rings. The van der Waals surface area contributed by atoms with Crippen LogP contribution in [-0.2, 0) is 0 Å². The zero-order valence-corrected chi connectivity index (χ0v) is 8.67. The van der Waals surface area contributed by atoms with E-state index in [4.69, 9.17) is 0 Å². The number of carbonyl (C=O) groups excluding carboxylic acids is 1. The average molecular weight is 202 g/mol. The van der Waals surface area contributed by atoms with Gasteiger partial charge < -0.3 is 0 Å². The molecule has 0 amide bonds. The summed E-state index contributed by atoms with van der Waals surface area (Å²) in [6, 6.07) is 8.02. The Balaban J connectivity index is 2.51. The predicted octanol–water partition coefficient (Wildman–Crippen LogP) is 3.54. The molecular weight excluding hydrogens is 192 g/mol. The second kappa shape index (κ2) is 3.76. The molecule has 1 heterocycles. The molecule has 0 aliphatic heterocycles. The lowest BCUT2D eigenvalue weighted by molar-refractivity contribution is 0.112. The summed E-state index contributed by atoms with van der Waals surface area (Å²) < 4.78 is 0. The third kappa shape index (κ3) is 1.61. The highest BCUT2D eigenvalue weighted by Gasteiger charge is 2.01. The number of benzene rings is 1. The Morgan fingerprint density at radius 3 is 2.71 bits per heavy atom. The zero-order valence-electron chi connectivity index (χ0n) is 7.86. The number of thiophene rings is 1. The van der Waals surface area contributed by atoms with Gasteiger partial charge in [-0.1, -0.05) is 12.1 Å². The van der Waals surface area contributed by atoms with Crippen LogP contribution in [-0.4, -0.2) is 6.29 Å². The zero-order chi connectivity index (χ0) is 9.97. The van der Waals surface area contributed by atoms with Crippen molar-refractivity contribution in [3.63, 3.8) is 0 Å². The molecule has 0 unspecified atom stereocenters. The Morgan fingerprint density at radius 1 is 1.21 bits per heavy atom. The van der Waals surface area contributed by atoms with E-state index in [1.807, 2.05) is 30.5 Å². The number of carbonyl (C=O) groups is 1. The summed E-state index contributed by atoms with van der Waals surface area (Å²) in [5.74, 6) is 0. The second-order valence-electron chi connectivity index (χ2n) is 3.20. The molecule has 2 heteroatoms. The maximum absolute atomic E-state index is 10.8. The minimum absolute atomic E-state index is 0.772. The topological polar surface area (TPSA) is 17.1 Å². The van der Waals surface area contributed by atoms with Crippen molar-refractivity contribution in [1.29, 1.82) is 0 Å². The minimum Gasteiger partial charge on any atom is -0.298 e. The Morgan fingerprint density at radius 2 is 2.07 bits per heavy atom. The first-order valence-electron chi connectivity index (χ1n) is 4.39. The molecule has 0 radical (unpaired) electrons. The van der Waals surface area contributed by atoms with E-state index < -0.39 is 0 Å². The second-order valence-corrected chi connectivity index (χ2v) is 3.98. The van der Waals surface area contributed by atoms with Crippen LogP contribution in [0, 0.1) is 6.92 Å². The molecule has 14 heavy (non-hydrogen) atoms. The van der Waals surface area contributed by atoms with E-state index in [1.54, 1.807) is 11.3 Å². The molecule has 1 aromatic heterocycles. The van der Waals surface area contributed by atoms with Crippen molar-refractivity contribution in [3.8, 4) is 11.1 Å². The maximum atomic E-state index is 10.8. The number of aldehydes is 1. The highest BCUT2D eigenvalue weighted by Crippen LogP contribution is 2.23. The first-order chi connectivity index (χ1) is 6.81. The predicted molar refractivity (Wildman–Crippen MR) is 59.9 cm³/mol. The molecule has 0 aliphatic carbocycles. The van der Waals surface area contributed by atoms with Crippen LogP contribution in [0.3, 0.4) is 0 Å². The van der Waals surface area contributed by atoms with Crippen LogP contribution in [0.15, 0.2) is 35.0 Å². The lowest BCUT2D eigenvalue weighted by Crippen LogP contribution is -1.86. The van der Waals surface area contributed by atoms with Crippen LogP contribution in [0.2, 0.25) is 0 Å². The molecule has 0 atom stereocenters. The van der Waals surface area contributed by atoms with E-state index in [-0.39, 0.29) is 0 Å². The standard InChI is InChI=1S/C12H10OS/c1-9-2-3-10(6-12(9)7-13)11-4-5-14-8-11/h2-8H,1H3. The summed E-state index contributed by atoms with van der Waals surface area (Å²) in [6.07, 6.45) is 0.908. The fourth-order valence-corrected chi connectivity index (χ4v) is 2.04. The summed E-state index contributed by atoms with van der Waals surface area (Å²) in [5.41, 5.74) is 4.09. The first-order valence-corrected chi connectivity index (χ1v) is 5.34. The van der Waals surface area contributed by atoms with Crippen LogP contribution in [0.1, 0.15) is 15.9 Å². The van der Waals surface area contributed by atoms with E-state index in [9.17, 15) is 4.79 Å². The normalized spacial score (nSPS) is 10.1. The molecule has 0 N–H and O–H groups in total. The van der Waals surface area contributed by atoms with Gasteiger partial charge in [0.1, 0.15) is 6.29 Å². The molecule has 0 saturated carbocycles. The number of rotatable bonds is 2. The Hall–Kier alpha value is -1.41. The Kier molecular flexibility index (Phi) is 2.46. The van der Waals surface area contributed by atoms with Gasteiger partial charge in [0, 0.05) is 5.56 Å². The average Bonchev–Trinajstić information content (AvgIpc) is 2.71. The van der Waals surface area contributed by atoms with Crippen LogP contribution < -0.4 is 0 Å². The van der Waals surface area contributed by atoms with Gasteiger partial charge in [-0.15, -0.1) is 0 Å². The van der Waals surface area contributed by atoms with E-state index in [0.29, 0.717) is 0 Å². The molecule has 0 spiro atoms. The van der Waals surface area contributed by atoms with Crippen molar-refractivity contribution in [3.05, 3.63) is 46.2 Å². The Labute approximate surface area is 87.0 Å². The van der Waals surface area contributed by atoms with Crippen molar-refractivity contribution < 1.29 is 4.79 Å². The van der Waals surface area contributed by atoms with Crippen LogP contribution in [0.5, 0.6) is 0 Å². The van der Waals surface area contributed by atoms with Crippen molar-refractivity contribution in [2.45, 2.75) is 6.92 Å². The van der Waals surface area contributed by atoms with Crippen molar-refractivity contribution in [2.75, 3.05) is 0 Å². The van der Waals surface area contributed by atoms with Gasteiger partial charge in [0.25, 0.3) is 0 Å². The van der Waals surface area contributed by atoms with Crippen molar-refractivity contribution in [2.24, 2.45) is 0 Å². The highest BCUT2D eigenvalue weighted by molar-refractivity contribution is 7.08. The van der Waals surface area contributed by atoms with Gasteiger partial charge in [0.05, 0.1) is 0 Å². The van der Waals surface area contributed by atoms with Crippen LogP contribution >= 0.6 is 11.3 Å². The van der Waals surface area contributed by atoms with E-state index in [1.165, 1.54) is 5.56 Å². The first kappa shape index (κ1) is 9.16. The van der Waals surface area contributed by atoms with Gasteiger partial charge in [-0.3, -0.25) is 4.79 Å². The number of aryl methyl sites for hydroxylation is 1. The Bertz CT molecular complexity index is 443. The van der Waals surface area contributed by atoms with E-state index >= 15 is 0 Å². The highest BCUT2D eigenvalue weighted by atomic mass is 32.1. The summed E-state index contributed by atoms with van der Waals surface area (Å²) in [6.45, 7) is 1.95. The largest absolute Gasteiger partial charge is 0.298 e. The summed E-state index contributed by atoms with van der Waals surface area (Å²) in [7, 11) is 0. The van der Waals surface area contributed by atoms with Crippen molar-refractivity contribution in [1.82, 2.24) is 0 Å². The van der Waals surface area contributed by atoms with Gasteiger partial charge in [0.2, 0.25) is 0 Å². The quantitative estimate of drug-likeness (QED) is 0.681. The van der Waals surface area contributed by atoms with Crippen LogP contribution in [0.25, 0.3) is 11.1 Å². The third-order valence-corrected chi connectivity index (χ3v) is 2.94. The summed E-state index contributed by atoms with van der Waals surface area (Å²) >= 11 is 1.66. The monoisotopic (exact) mass is 202 g/mol. The van der Waals surface area contributed by atoms with Gasteiger partial charge in [-0.2, -0.15) is 11.3 Å². The van der Waals surface area contributed by atoms with Gasteiger partial charge >= 0.3 is 0 Å². The fourth-order valence-electron chi connectivity index (χ4n) is 1.38.